The van der Waals surface area contributed by atoms with Crippen molar-refractivity contribution in [3.8, 4) is 6.07 Å². The zero-order chi connectivity index (χ0) is 21.0. The Morgan fingerprint density at radius 2 is 1.90 bits per heavy atom. The van der Waals surface area contributed by atoms with Crippen LogP contribution in [0.5, 0.6) is 0 Å². The van der Waals surface area contributed by atoms with Gasteiger partial charge in [-0.05, 0) is 37.1 Å². The lowest BCUT2D eigenvalue weighted by atomic mass is 10.1. The molecule has 0 spiro atoms. The number of nitrogens with one attached hydrogen (secondary N) is 1. The number of fused-ring (bicyclic) bond motifs is 1. The van der Waals surface area contributed by atoms with E-state index in [0.717, 1.165) is 11.3 Å². The van der Waals surface area contributed by atoms with Crippen LogP contribution in [0.15, 0.2) is 53.4 Å². The fraction of sp³-hybridized carbons (Fsp3) is 0.250. The molecule has 150 valence electrons. The molecule has 1 N–H and O–H groups in total. The molecule has 1 heterocycles. The van der Waals surface area contributed by atoms with Gasteiger partial charge in [0.25, 0.3) is 5.91 Å². The quantitative estimate of drug-likeness (QED) is 0.715. The maximum Gasteiger partial charge on any atom is 0.321 e. The second kappa shape index (κ2) is 8.43. The van der Waals surface area contributed by atoms with Crippen LogP contribution in [-0.4, -0.2) is 39.5 Å². The first-order valence-corrected chi connectivity index (χ1v) is 10.4. The van der Waals surface area contributed by atoms with E-state index in [2.05, 4.69) is 4.72 Å². The third-order valence-corrected chi connectivity index (χ3v) is 6.00. The van der Waals surface area contributed by atoms with Crippen LogP contribution in [0.2, 0.25) is 0 Å². The van der Waals surface area contributed by atoms with Crippen LogP contribution in [0.25, 0.3) is 0 Å². The predicted octanol–water partition coefficient (Wildman–Crippen LogP) is 1.36. The Balaban J connectivity index is 1.57. The molecule has 9 heteroatoms. The summed E-state index contributed by atoms with van der Waals surface area (Å²) >= 11 is 0. The average molecular weight is 413 g/mol. The molecule has 1 aliphatic rings. The van der Waals surface area contributed by atoms with Crippen molar-refractivity contribution >= 4 is 27.6 Å². The molecule has 29 heavy (non-hydrogen) atoms. The summed E-state index contributed by atoms with van der Waals surface area (Å²) in [6, 6.07) is 14.9. The van der Waals surface area contributed by atoms with Crippen molar-refractivity contribution in [2.75, 3.05) is 18.1 Å². The minimum absolute atomic E-state index is 0.0368. The molecule has 1 amide bonds. The highest BCUT2D eigenvalue weighted by atomic mass is 32.2. The highest BCUT2D eigenvalue weighted by Crippen LogP contribution is 2.31. The van der Waals surface area contributed by atoms with Crippen LogP contribution in [0, 0.1) is 11.3 Å². The molecule has 0 radical (unpaired) electrons. The van der Waals surface area contributed by atoms with E-state index in [1.54, 1.807) is 11.0 Å². The summed E-state index contributed by atoms with van der Waals surface area (Å²) in [5.41, 5.74) is 1.80. The Morgan fingerprint density at radius 1 is 1.21 bits per heavy atom. The number of para-hydroxylation sites is 1. The van der Waals surface area contributed by atoms with Gasteiger partial charge in [-0.3, -0.25) is 9.59 Å². The molecular formula is C20H19N3O5S. The second-order valence-corrected chi connectivity index (χ2v) is 8.27. The summed E-state index contributed by atoms with van der Waals surface area (Å²) in [6.45, 7) is 0.760. The maximum absolute atomic E-state index is 12.5. The number of anilines is 1. The fourth-order valence-corrected chi connectivity index (χ4v) is 4.36. The number of carbonyl (C=O) groups is 2. The van der Waals surface area contributed by atoms with Gasteiger partial charge < -0.3 is 9.64 Å². The van der Waals surface area contributed by atoms with Crippen LogP contribution in [0.3, 0.4) is 0 Å². The molecule has 0 fully saturated rings. The molecule has 0 aromatic heterocycles. The molecule has 0 saturated carbocycles. The van der Waals surface area contributed by atoms with Gasteiger partial charge in [-0.1, -0.05) is 30.3 Å². The number of hydrogen-bond donors (Lipinski definition) is 1. The fourth-order valence-electron chi connectivity index (χ4n) is 3.23. The third-order valence-electron chi connectivity index (χ3n) is 4.54. The zero-order valence-electron chi connectivity index (χ0n) is 15.7. The molecule has 0 bridgehead atoms. The Kier molecular flexibility index (Phi) is 5.96. The molecule has 1 atom stereocenters. The number of esters is 1. The number of nitrogens with zero attached hydrogens (tertiary/aromatic N) is 2. The molecule has 0 unspecified atom stereocenters. The van der Waals surface area contributed by atoms with Crippen molar-refractivity contribution in [3.63, 3.8) is 0 Å². The molecule has 1 aliphatic heterocycles. The van der Waals surface area contributed by atoms with Gasteiger partial charge in [-0.15, -0.1) is 0 Å². The number of sulfonamides is 1. The number of ether oxygens (including phenoxy) is 1. The van der Waals surface area contributed by atoms with Crippen LogP contribution < -0.4 is 9.62 Å². The van der Waals surface area contributed by atoms with Crippen molar-refractivity contribution in [2.45, 2.75) is 24.3 Å². The Morgan fingerprint density at radius 3 is 2.66 bits per heavy atom. The first-order chi connectivity index (χ1) is 13.8. The van der Waals surface area contributed by atoms with Gasteiger partial charge in [-0.25, -0.2) is 8.42 Å². The number of rotatable bonds is 6. The van der Waals surface area contributed by atoms with Gasteiger partial charge in [0.05, 0.1) is 10.5 Å². The summed E-state index contributed by atoms with van der Waals surface area (Å²) in [7, 11) is -4.07. The van der Waals surface area contributed by atoms with E-state index in [-0.39, 0.29) is 22.4 Å². The van der Waals surface area contributed by atoms with E-state index >= 15 is 0 Å². The van der Waals surface area contributed by atoms with E-state index < -0.39 is 29.1 Å². The average Bonchev–Trinajstić information content (AvgIpc) is 3.06. The Labute approximate surface area is 168 Å². The standard InChI is InChI=1S/C20H19N3O5S/c1-14-10-15-6-2-4-8-17(15)23(14)19(24)13-28-20(25)12-22-29(26,27)18-9-5-3-7-16(18)11-21/h2-9,14,22H,10,12-13H2,1H3/t14-/m0/s1. The van der Waals surface area contributed by atoms with Gasteiger partial charge in [0.15, 0.2) is 6.61 Å². The summed E-state index contributed by atoms with van der Waals surface area (Å²) in [4.78, 5) is 25.8. The first-order valence-electron chi connectivity index (χ1n) is 8.88. The van der Waals surface area contributed by atoms with Gasteiger partial charge in [0.1, 0.15) is 12.6 Å². The van der Waals surface area contributed by atoms with Gasteiger partial charge >= 0.3 is 5.97 Å². The molecule has 2 aromatic carbocycles. The SMILES string of the molecule is C[C@H]1Cc2ccccc2N1C(=O)COC(=O)CNS(=O)(=O)c1ccccc1C#N. The van der Waals surface area contributed by atoms with Gasteiger partial charge in [0, 0.05) is 11.7 Å². The van der Waals surface area contributed by atoms with Crippen LogP contribution in [0.4, 0.5) is 5.69 Å². The Hall–Kier alpha value is -3.22. The van der Waals surface area contributed by atoms with Crippen molar-refractivity contribution in [3.05, 3.63) is 59.7 Å². The van der Waals surface area contributed by atoms with Crippen LogP contribution >= 0.6 is 0 Å². The number of benzene rings is 2. The van der Waals surface area contributed by atoms with Crippen molar-refractivity contribution in [1.82, 2.24) is 4.72 Å². The summed E-state index contributed by atoms with van der Waals surface area (Å²) in [5, 5.41) is 9.02. The molecule has 0 saturated heterocycles. The lowest BCUT2D eigenvalue weighted by Crippen LogP contribution is -2.39. The summed E-state index contributed by atoms with van der Waals surface area (Å²) in [6.07, 6.45) is 0.716. The van der Waals surface area contributed by atoms with E-state index in [1.807, 2.05) is 31.2 Å². The largest absolute Gasteiger partial charge is 0.455 e. The van der Waals surface area contributed by atoms with Crippen molar-refractivity contribution in [1.29, 1.82) is 5.26 Å². The lowest BCUT2D eigenvalue weighted by molar-refractivity contribution is -0.146. The van der Waals surface area contributed by atoms with E-state index in [0.29, 0.717) is 6.42 Å². The summed E-state index contributed by atoms with van der Waals surface area (Å²) in [5.74, 6) is -1.27. The minimum Gasteiger partial charge on any atom is -0.455 e. The highest BCUT2D eigenvalue weighted by molar-refractivity contribution is 7.89. The van der Waals surface area contributed by atoms with Crippen molar-refractivity contribution in [2.24, 2.45) is 0 Å². The topological polar surface area (TPSA) is 117 Å². The normalized spacial score (nSPS) is 15.4. The smallest absolute Gasteiger partial charge is 0.321 e. The zero-order valence-corrected chi connectivity index (χ0v) is 16.5. The Bertz CT molecular complexity index is 1090. The van der Waals surface area contributed by atoms with Gasteiger partial charge in [0.2, 0.25) is 10.0 Å². The van der Waals surface area contributed by atoms with E-state index in [4.69, 9.17) is 10.00 Å². The second-order valence-electron chi connectivity index (χ2n) is 6.54. The molecule has 2 aromatic rings. The first kappa shape index (κ1) is 20.5. The number of amides is 1. The van der Waals surface area contributed by atoms with Gasteiger partial charge in [-0.2, -0.15) is 9.98 Å². The molecule has 0 aliphatic carbocycles. The van der Waals surface area contributed by atoms with E-state index in [9.17, 15) is 18.0 Å². The van der Waals surface area contributed by atoms with Crippen molar-refractivity contribution < 1.29 is 22.7 Å². The number of carbonyl (C=O) groups excluding carboxylic acids is 2. The van der Waals surface area contributed by atoms with Crippen LogP contribution in [0.1, 0.15) is 18.1 Å². The van der Waals surface area contributed by atoms with E-state index in [1.165, 1.54) is 24.3 Å². The minimum atomic E-state index is -4.07. The number of hydrogen-bond acceptors (Lipinski definition) is 6. The highest BCUT2D eigenvalue weighted by Gasteiger charge is 2.31. The summed E-state index contributed by atoms with van der Waals surface area (Å²) < 4.78 is 31.6. The monoisotopic (exact) mass is 413 g/mol. The van der Waals surface area contributed by atoms with Crippen LogP contribution in [-0.2, 0) is 30.8 Å². The third kappa shape index (κ3) is 4.45. The lowest BCUT2D eigenvalue weighted by Gasteiger charge is -2.22. The number of nitriles is 1. The predicted molar refractivity (Wildman–Crippen MR) is 104 cm³/mol. The molecular weight excluding hydrogens is 394 g/mol. The molecule has 3 rings (SSSR count). The molecule has 8 nitrogen and oxygen atoms in total. The maximum atomic E-state index is 12.5.